The number of rotatable bonds is 0. The Bertz CT molecular complexity index is 131. The number of hydrogen-bond donors (Lipinski definition) is 1. The van der Waals surface area contributed by atoms with E-state index in [0.29, 0.717) is 5.75 Å². The zero-order valence-electron chi connectivity index (χ0n) is 3.55. The van der Waals surface area contributed by atoms with E-state index in [-0.39, 0.29) is 11.6 Å². The average molecular weight is 116 g/mol. The van der Waals surface area contributed by atoms with E-state index < -0.39 is 0 Å². The van der Waals surface area contributed by atoms with Crippen LogP contribution in [0.3, 0.4) is 0 Å². The van der Waals surface area contributed by atoms with Gasteiger partial charge in [-0.05, 0) is 11.9 Å². The summed E-state index contributed by atoms with van der Waals surface area (Å²) in [6, 6.07) is 0. The van der Waals surface area contributed by atoms with Crippen LogP contribution in [0.25, 0.3) is 0 Å². The molecule has 0 fully saturated rings. The van der Waals surface area contributed by atoms with E-state index >= 15 is 0 Å². The molecule has 1 aliphatic rings. The number of carbonyl (C=O) groups excluding carboxylic acids is 1. The maximum Gasteiger partial charge on any atom is 0.209 e. The van der Waals surface area contributed by atoms with Crippen molar-refractivity contribution in [2.24, 2.45) is 10.1 Å². The predicted molar refractivity (Wildman–Crippen MR) is 29.1 cm³/mol. The second-order valence-electron chi connectivity index (χ2n) is 1.17. The summed E-state index contributed by atoms with van der Waals surface area (Å²) in [6.45, 7) is 0. The van der Waals surface area contributed by atoms with Crippen LogP contribution < -0.4 is 5.73 Å². The fourth-order valence-corrected chi connectivity index (χ4v) is 0.856. The lowest BCUT2D eigenvalue weighted by molar-refractivity contribution is -0.110. The van der Waals surface area contributed by atoms with Crippen molar-refractivity contribution in [2.45, 2.75) is 0 Å². The van der Waals surface area contributed by atoms with E-state index in [2.05, 4.69) is 4.40 Å². The van der Waals surface area contributed by atoms with Crippen LogP contribution in [0.5, 0.6) is 0 Å². The number of ketones is 1. The number of nitrogens with two attached hydrogens (primary N) is 1. The SMILES string of the molecule is NC1=NSCC1=O. The molecule has 3 nitrogen and oxygen atoms in total. The third kappa shape index (κ3) is 0.742. The highest BCUT2D eigenvalue weighted by atomic mass is 32.2. The van der Waals surface area contributed by atoms with Crippen LogP contribution in [0, 0.1) is 0 Å². The molecular weight excluding hydrogens is 112 g/mol. The monoisotopic (exact) mass is 116 g/mol. The van der Waals surface area contributed by atoms with Crippen LogP contribution >= 0.6 is 11.9 Å². The quantitative estimate of drug-likeness (QED) is 0.437. The van der Waals surface area contributed by atoms with Crippen molar-refractivity contribution in [1.82, 2.24) is 0 Å². The maximum absolute atomic E-state index is 10.3. The standard InChI is InChI=1S/C3H4N2OS/c4-3-2(6)1-7-5-3/h1H2,(H2,4,5). The van der Waals surface area contributed by atoms with Gasteiger partial charge < -0.3 is 5.73 Å². The van der Waals surface area contributed by atoms with Gasteiger partial charge in [-0.3, -0.25) is 4.79 Å². The lowest BCUT2D eigenvalue weighted by atomic mass is 10.4. The molecule has 4 heteroatoms. The van der Waals surface area contributed by atoms with Crippen LogP contribution in [0.1, 0.15) is 0 Å². The fourth-order valence-electron chi connectivity index (χ4n) is 0.285. The fraction of sp³-hybridized carbons (Fsp3) is 0.333. The predicted octanol–water partition coefficient (Wildman–Crippen LogP) is -0.425. The molecule has 0 aromatic rings. The van der Waals surface area contributed by atoms with Gasteiger partial charge in [0.1, 0.15) is 0 Å². The molecule has 0 bridgehead atoms. The van der Waals surface area contributed by atoms with Gasteiger partial charge in [0.15, 0.2) is 5.84 Å². The Morgan fingerprint density at radius 2 is 2.57 bits per heavy atom. The molecule has 0 radical (unpaired) electrons. The van der Waals surface area contributed by atoms with E-state index in [0.717, 1.165) is 0 Å². The normalized spacial score (nSPS) is 20.0. The van der Waals surface area contributed by atoms with Crippen molar-refractivity contribution in [3.8, 4) is 0 Å². The van der Waals surface area contributed by atoms with Gasteiger partial charge in [0.25, 0.3) is 0 Å². The van der Waals surface area contributed by atoms with Crippen LogP contribution in [0.2, 0.25) is 0 Å². The molecule has 0 saturated heterocycles. The Kier molecular flexibility index (Phi) is 1.02. The molecule has 2 N–H and O–H groups in total. The first-order chi connectivity index (χ1) is 3.30. The average Bonchev–Trinajstić information content (AvgIpc) is 1.91. The Hall–Kier alpha value is -0.510. The topological polar surface area (TPSA) is 55.4 Å². The molecule has 0 aromatic heterocycles. The number of Topliss-reactive ketones (excluding diaryl/α,β-unsaturated/α-hetero) is 1. The summed E-state index contributed by atoms with van der Waals surface area (Å²) in [5, 5.41) is 0. The lowest BCUT2D eigenvalue weighted by Gasteiger charge is -1.77. The minimum Gasteiger partial charge on any atom is -0.380 e. The molecular formula is C3H4N2OS. The van der Waals surface area contributed by atoms with Crippen LogP contribution in [-0.4, -0.2) is 17.4 Å². The minimum absolute atomic E-state index is 0.0509. The van der Waals surface area contributed by atoms with Crippen LogP contribution in [0.15, 0.2) is 4.40 Å². The van der Waals surface area contributed by atoms with Gasteiger partial charge in [0, 0.05) is 0 Å². The molecule has 0 saturated carbocycles. The van der Waals surface area contributed by atoms with Crippen LogP contribution in [0.4, 0.5) is 0 Å². The first-order valence-electron chi connectivity index (χ1n) is 1.79. The molecule has 0 unspecified atom stereocenters. The van der Waals surface area contributed by atoms with E-state index in [1.165, 1.54) is 11.9 Å². The number of amidine groups is 1. The second kappa shape index (κ2) is 1.54. The highest BCUT2D eigenvalue weighted by Crippen LogP contribution is 2.08. The number of nitrogens with zero attached hydrogens (tertiary/aromatic N) is 1. The molecule has 0 amide bonds. The van der Waals surface area contributed by atoms with Gasteiger partial charge in [-0.25, -0.2) is 0 Å². The van der Waals surface area contributed by atoms with Crippen molar-refractivity contribution in [3.05, 3.63) is 0 Å². The Labute approximate surface area is 45.1 Å². The Balaban J connectivity index is 2.72. The lowest BCUT2D eigenvalue weighted by Crippen LogP contribution is -2.20. The third-order valence-corrected chi connectivity index (χ3v) is 1.36. The minimum atomic E-state index is -0.0509. The van der Waals surface area contributed by atoms with Gasteiger partial charge in [0.05, 0.1) is 5.75 Å². The van der Waals surface area contributed by atoms with Gasteiger partial charge in [0.2, 0.25) is 5.78 Å². The highest BCUT2D eigenvalue weighted by Gasteiger charge is 2.12. The summed E-state index contributed by atoms with van der Waals surface area (Å²) >= 11 is 1.20. The summed E-state index contributed by atoms with van der Waals surface area (Å²) in [6.07, 6.45) is 0. The largest absolute Gasteiger partial charge is 0.380 e. The molecule has 1 aliphatic heterocycles. The summed E-state index contributed by atoms with van der Waals surface area (Å²) in [4.78, 5) is 10.3. The second-order valence-corrected chi connectivity index (χ2v) is 1.90. The number of carbonyl (C=O) groups is 1. The van der Waals surface area contributed by atoms with E-state index in [1.54, 1.807) is 0 Å². The summed E-state index contributed by atoms with van der Waals surface area (Å²) in [5.74, 6) is 0.529. The molecule has 0 spiro atoms. The van der Waals surface area contributed by atoms with Crippen LogP contribution in [-0.2, 0) is 4.79 Å². The zero-order valence-corrected chi connectivity index (χ0v) is 4.36. The molecule has 0 aromatic carbocycles. The van der Waals surface area contributed by atoms with Crippen molar-refractivity contribution in [2.75, 3.05) is 5.75 Å². The zero-order chi connectivity index (χ0) is 5.28. The third-order valence-electron chi connectivity index (χ3n) is 0.644. The van der Waals surface area contributed by atoms with Gasteiger partial charge in [-0.1, -0.05) is 0 Å². The molecule has 38 valence electrons. The van der Waals surface area contributed by atoms with Gasteiger partial charge >= 0.3 is 0 Å². The maximum atomic E-state index is 10.3. The van der Waals surface area contributed by atoms with E-state index in [1.807, 2.05) is 0 Å². The first-order valence-corrected chi connectivity index (χ1v) is 2.73. The Morgan fingerprint density at radius 1 is 1.86 bits per heavy atom. The van der Waals surface area contributed by atoms with Gasteiger partial charge in [-0.2, -0.15) is 4.40 Å². The number of hydrogen-bond acceptors (Lipinski definition) is 4. The molecule has 1 heterocycles. The highest BCUT2D eigenvalue weighted by molar-refractivity contribution is 7.99. The molecule has 1 rings (SSSR count). The van der Waals surface area contributed by atoms with Crippen molar-refractivity contribution in [1.29, 1.82) is 0 Å². The van der Waals surface area contributed by atoms with Crippen molar-refractivity contribution in [3.63, 3.8) is 0 Å². The molecule has 7 heavy (non-hydrogen) atoms. The van der Waals surface area contributed by atoms with E-state index in [4.69, 9.17) is 5.73 Å². The van der Waals surface area contributed by atoms with E-state index in [9.17, 15) is 4.79 Å². The Morgan fingerprint density at radius 3 is 2.71 bits per heavy atom. The molecule has 0 atom stereocenters. The molecule has 0 aliphatic carbocycles. The summed E-state index contributed by atoms with van der Waals surface area (Å²) in [5.41, 5.74) is 5.06. The van der Waals surface area contributed by atoms with Crippen molar-refractivity contribution >= 4 is 23.6 Å². The van der Waals surface area contributed by atoms with Crippen molar-refractivity contribution < 1.29 is 4.79 Å². The smallest absolute Gasteiger partial charge is 0.209 e. The first kappa shape index (κ1) is 4.64. The summed E-state index contributed by atoms with van der Waals surface area (Å²) in [7, 11) is 0. The summed E-state index contributed by atoms with van der Waals surface area (Å²) < 4.78 is 3.58. The van der Waals surface area contributed by atoms with Gasteiger partial charge in [-0.15, -0.1) is 0 Å².